The standard InChI is InChI=1S/C54H45IN4S/c1-30(12-10-22-56)58-47-20-19-38(36-15-9-17-40(24-36)60-55)26-43(47)45-27-41-31(2)32(3)42-28-46-44-25-37(35-13-7-6-8-14-35)18-21-48(44)59(39-16-11-23-57-29-39)54(46)50-34(5)33(4)49(53(45)58)51(41)52(42)50/h6-29,31-34H,56H2,1-5H3/b22-10-,30-12+. The summed E-state index contributed by atoms with van der Waals surface area (Å²) < 4.78 is 5.03. The molecular formula is C54H45IN4S. The third kappa shape index (κ3) is 5.39. The fourth-order valence-electron chi connectivity index (χ4n) is 10.8. The van der Waals surface area contributed by atoms with E-state index in [1.165, 1.54) is 104 Å². The fraction of sp³-hybridized carbons (Fsp3) is 0.167. The van der Waals surface area contributed by atoms with Gasteiger partial charge in [-0.1, -0.05) is 91.2 Å². The zero-order chi connectivity index (χ0) is 41.0. The molecule has 0 aliphatic heterocycles. The Kier molecular flexibility index (Phi) is 8.91. The largest absolute Gasteiger partial charge is 0.405 e. The van der Waals surface area contributed by atoms with Crippen LogP contribution in [0.5, 0.6) is 0 Å². The van der Waals surface area contributed by atoms with Gasteiger partial charge in [0, 0.05) is 59.5 Å². The Morgan fingerprint density at radius 2 is 1.25 bits per heavy atom. The second-order valence-corrected chi connectivity index (χ2v) is 18.9. The molecule has 6 heteroatoms. The van der Waals surface area contributed by atoms with Crippen molar-refractivity contribution in [1.29, 1.82) is 0 Å². The molecule has 0 fully saturated rings. The minimum Gasteiger partial charge on any atom is -0.405 e. The summed E-state index contributed by atoms with van der Waals surface area (Å²) in [6, 6.07) is 43.2. The second kappa shape index (κ2) is 14.3. The van der Waals surface area contributed by atoms with E-state index in [0.29, 0.717) is 11.8 Å². The minimum absolute atomic E-state index is 0.228. The molecule has 4 atom stereocenters. The first-order chi connectivity index (χ1) is 29.3. The van der Waals surface area contributed by atoms with Crippen LogP contribution in [0.3, 0.4) is 0 Å². The van der Waals surface area contributed by atoms with Crippen molar-refractivity contribution in [1.82, 2.24) is 14.1 Å². The highest BCUT2D eigenvalue weighted by molar-refractivity contribution is 14.2. The Morgan fingerprint density at radius 3 is 1.92 bits per heavy atom. The monoisotopic (exact) mass is 908 g/mol. The highest BCUT2D eigenvalue weighted by Crippen LogP contribution is 2.61. The summed E-state index contributed by atoms with van der Waals surface area (Å²) in [5.74, 6) is 1.10. The summed E-state index contributed by atoms with van der Waals surface area (Å²) in [6.07, 6.45) is 9.64. The fourth-order valence-corrected chi connectivity index (χ4v) is 11.9. The van der Waals surface area contributed by atoms with Crippen molar-refractivity contribution in [2.45, 2.75) is 63.2 Å². The van der Waals surface area contributed by atoms with Crippen LogP contribution in [0.4, 0.5) is 0 Å². The van der Waals surface area contributed by atoms with Crippen LogP contribution in [0.25, 0.3) is 88.4 Å². The van der Waals surface area contributed by atoms with E-state index in [9.17, 15) is 0 Å². The Bertz CT molecular complexity index is 3280. The number of aromatic nitrogens is 3. The number of halogens is 1. The Balaban J connectivity index is 1.28. The van der Waals surface area contributed by atoms with Gasteiger partial charge in [0.25, 0.3) is 0 Å². The number of fused-ring (bicyclic) bond motifs is 8. The molecule has 0 bridgehead atoms. The SMILES string of the molecule is C/C(=C\C=C/N)n1c2ccc(-c3cccc(SI)c3)cc2c2cc3c4c(c21)C(C)C(C)c1c-4c(cc2c4cc(-c5ccccc5)ccc4n(-c4cccnc4)c12)C(C)C3C. The van der Waals surface area contributed by atoms with Gasteiger partial charge in [-0.15, -0.1) is 0 Å². The number of allylic oxidation sites excluding steroid dienone is 3. The molecule has 4 nitrogen and oxygen atoms in total. The maximum absolute atomic E-state index is 5.96. The van der Waals surface area contributed by atoms with Crippen molar-refractivity contribution >= 4 is 79.4 Å². The Morgan fingerprint density at radius 1 is 0.633 bits per heavy atom. The first-order valence-corrected chi connectivity index (χ1v) is 24.4. The van der Waals surface area contributed by atoms with Gasteiger partial charge in [-0.05, 0) is 165 Å². The average molecular weight is 909 g/mol. The molecule has 60 heavy (non-hydrogen) atoms. The predicted molar refractivity (Wildman–Crippen MR) is 265 cm³/mol. The molecule has 2 aliphatic rings. The van der Waals surface area contributed by atoms with Gasteiger partial charge in [-0.25, -0.2) is 0 Å². The molecule has 6 aromatic carbocycles. The lowest BCUT2D eigenvalue weighted by molar-refractivity contribution is 0.584. The van der Waals surface area contributed by atoms with Crippen molar-refractivity contribution in [3.63, 3.8) is 0 Å². The minimum atomic E-state index is 0.228. The molecule has 0 spiro atoms. The van der Waals surface area contributed by atoms with E-state index < -0.39 is 0 Å². The van der Waals surface area contributed by atoms with Gasteiger partial charge in [0.15, 0.2) is 0 Å². The van der Waals surface area contributed by atoms with E-state index >= 15 is 0 Å². The lowest BCUT2D eigenvalue weighted by Crippen LogP contribution is -2.24. The van der Waals surface area contributed by atoms with E-state index in [0.717, 1.165) is 11.4 Å². The summed E-state index contributed by atoms with van der Waals surface area (Å²) in [5, 5.41) is 5.23. The molecule has 0 saturated heterocycles. The molecule has 2 N–H and O–H groups in total. The van der Waals surface area contributed by atoms with Crippen LogP contribution >= 0.6 is 30.1 Å². The molecule has 4 unspecified atom stereocenters. The van der Waals surface area contributed by atoms with Gasteiger partial charge in [0.1, 0.15) is 0 Å². The molecule has 9 aromatic rings. The Hall–Kier alpha value is -5.57. The summed E-state index contributed by atoms with van der Waals surface area (Å²) >= 11 is 2.38. The van der Waals surface area contributed by atoms with Crippen molar-refractivity contribution in [3.8, 4) is 39.1 Å². The molecule has 2 aliphatic carbocycles. The average Bonchev–Trinajstić information content (AvgIpc) is 3.80. The molecule has 0 amide bonds. The molecule has 3 aromatic heterocycles. The zero-order valence-corrected chi connectivity index (χ0v) is 37.3. The molecule has 0 saturated carbocycles. The van der Waals surface area contributed by atoms with Crippen LogP contribution in [0.15, 0.2) is 151 Å². The van der Waals surface area contributed by atoms with E-state index in [1.807, 2.05) is 18.5 Å². The highest BCUT2D eigenvalue weighted by atomic mass is 127. The van der Waals surface area contributed by atoms with Crippen molar-refractivity contribution in [3.05, 3.63) is 168 Å². The maximum atomic E-state index is 5.96. The number of rotatable bonds is 6. The molecule has 0 radical (unpaired) electrons. The predicted octanol–water partition coefficient (Wildman–Crippen LogP) is 15.5. The zero-order valence-electron chi connectivity index (χ0n) is 34.4. The number of hydrogen-bond donors (Lipinski definition) is 1. The molecule has 3 heterocycles. The summed E-state index contributed by atoms with van der Waals surface area (Å²) in [5.41, 5.74) is 26.9. The quantitative estimate of drug-likeness (QED) is 0.134. The van der Waals surface area contributed by atoms with Gasteiger partial charge < -0.3 is 14.9 Å². The van der Waals surface area contributed by atoms with Gasteiger partial charge in [-0.3, -0.25) is 4.98 Å². The third-order valence-corrected chi connectivity index (χ3v) is 15.9. The number of hydrogen-bond acceptors (Lipinski definition) is 3. The van der Waals surface area contributed by atoms with Gasteiger partial charge >= 0.3 is 0 Å². The van der Waals surface area contributed by atoms with Crippen LogP contribution in [0.1, 0.15) is 80.5 Å². The lowest BCUT2D eigenvalue weighted by Gasteiger charge is -2.42. The first-order valence-electron chi connectivity index (χ1n) is 21.0. The normalized spacial score (nSPS) is 18.7. The second-order valence-electron chi connectivity index (χ2n) is 17.0. The van der Waals surface area contributed by atoms with Gasteiger partial charge in [0.2, 0.25) is 0 Å². The van der Waals surface area contributed by atoms with Crippen molar-refractivity contribution in [2.75, 3.05) is 0 Å². The van der Waals surface area contributed by atoms with Crippen LogP contribution in [0, 0.1) is 0 Å². The molecule has 294 valence electrons. The number of benzene rings is 6. The van der Waals surface area contributed by atoms with E-state index in [-0.39, 0.29) is 11.8 Å². The molecule has 11 rings (SSSR count). The molecular weight excluding hydrogens is 864 g/mol. The van der Waals surface area contributed by atoms with Gasteiger partial charge in [-0.2, -0.15) is 0 Å². The smallest absolute Gasteiger partial charge is 0.0645 e. The van der Waals surface area contributed by atoms with Gasteiger partial charge in [0.05, 0.1) is 34.0 Å². The van der Waals surface area contributed by atoms with E-state index in [4.69, 9.17) is 5.73 Å². The number of nitrogens with two attached hydrogens (primary N) is 1. The topological polar surface area (TPSA) is 48.8 Å². The summed E-state index contributed by atoms with van der Waals surface area (Å²) in [6.45, 7) is 12.1. The number of pyridine rings is 1. The van der Waals surface area contributed by atoms with Crippen LogP contribution in [-0.2, 0) is 0 Å². The van der Waals surface area contributed by atoms with Crippen molar-refractivity contribution in [2.24, 2.45) is 5.73 Å². The first kappa shape index (κ1) is 37.4. The van der Waals surface area contributed by atoms with E-state index in [1.54, 1.807) is 15.1 Å². The summed E-state index contributed by atoms with van der Waals surface area (Å²) in [4.78, 5) is 5.92. The van der Waals surface area contributed by atoms with E-state index in [2.05, 4.69) is 191 Å². The lowest BCUT2D eigenvalue weighted by atomic mass is 9.62. The van der Waals surface area contributed by atoms with Crippen molar-refractivity contribution < 1.29 is 0 Å². The van der Waals surface area contributed by atoms with Crippen LogP contribution in [0.2, 0.25) is 0 Å². The van der Waals surface area contributed by atoms with Crippen LogP contribution in [-0.4, -0.2) is 14.1 Å². The third-order valence-electron chi connectivity index (χ3n) is 13.9. The maximum Gasteiger partial charge on any atom is 0.0645 e. The summed E-state index contributed by atoms with van der Waals surface area (Å²) in [7, 11) is 1.76. The Labute approximate surface area is 367 Å². The highest BCUT2D eigenvalue weighted by Gasteiger charge is 2.42. The van der Waals surface area contributed by atoms with Crippen LogP contribution < -0.4 is 5.73 Å². The number of nitrogens with zero attached hydrogens (tertiary/aromatic N) is 3.